The van der Waals surface area contributed by atoms with E-state index < -0.39 is 5.97 Å². The Hall–Kier alpha value is -1.80. The zero-order valence-electron chi connectivity index (χ0n) is 13.0. The normalized spacial score (nSPS) is 10.8. The highest BCUT2D eigenvalue weighted by atomic mass is 35.5. The quantitative estimate of drug-likeness (QED) is 0.823. The van der Waals surface area contributed by atoms with Crippen molar-refractivity contribution in [3.8, 4) is 11.1 Å². The molecule has 2 nitrogen and oxygen atoms in total. The summed E-state index contributed by atoms with van der Waals surface area (Å²) in [6.45, 7) is 10.5. The van der Waals surface area contributed by atoms with Crippen LogP contribution in [0.1, 0.15) is 38.2 Å². The van der Waals surface area contributed by atoms with Crippen molar-refractivity contribution in [3.63, 3.8) is 0 Å². The van der Waals surface area contributed by atoms with Crippen molar-refractivity contribution in [2.45, 2.75) is 34.6 Å². The molecule has 0 atom stereocenters. The summed E-state index contributed by atoms with van der Waals surface area (Å²) in [4.78, 5) is 11.2. The maximum atomic E-state index is 11.2. The monoisotopic (exact) mass is 302 g/mol. The number of hydrogen-bond donors (Lipinski definition) is 1. The van der Waals surface area contributed by atoms with Crippen LogP contribution < -0.4 is 0 Å². The van der Waals surface area contributed by atoms with Crippen molar-refractivity contribution in [1.29, 1.82) is 0 Å². The second kappa shape index (κ2) is 5.53. The minimum atomic E-state index is -0.963. The van der Waals surface area contributed by atoms with E-state index in [9.17, 15) is 9.90 Å². The molecule has 21 heavy (non-hydrogen) atoms. The van der Waals surface area contributed by atoms with Crippen LogP contribution in [0.25, 0.3) is 11.1 Å². The molecular formula is C18H19ClO2. The maximum Gasteiger partial charge on any atom is 0.335 e. The molecule has 0 spiro atoms. The summed E-state index contributed by atoms with van der Waals surface area (Å²) in [5.41, 5.74) is 8.28. The largest absolute Gasteiger partial charge is 0.478 e. The van der Waals surface area contributed by atoms with Crippen LogP contribution in [-0.2, 0) is 0 Å². The fourth-order valence-corrected chi connectivity index (χ4v) is 3.03. The predicted octanol–water partition coefficient (Wildman–Crippen LogP) is 5.25. The summed E-state index contributed by atoms with van der Waals surface area (Å²) < 4.78 is 0. The van der Waals surface area contributed by atoms with Crippen LogP contribution >= 0.6 is 11.6 Å². The van der Waals surface area contributed by atoms with Gasteiger partial charge in [0, 0.05) is 5.02 Å². The van der Waals surface area contributed by atoms with Crippen LogP contribution in [0.15, 0.2) is 18.2 Å². The first-order valence-electron chi connectivity index (χ1n) is 6.85. The third kappa shape index (κ3) is 2.68. The molecular weight excluding hydrogens is 284 g/mol. The van der Waals surface area contributed by atoms with Crippen molar-refractivity contribution in [2.75, 3.05) is 0 Å². The molecule has 0 amide bonds. The molecule has 2 aromatic rings. The van der Waals surface area contributed by atoms with Crippen LogP contribution in [-0.4, -0.2) is 11.1 Å². The minimum Gasteiger partial charge on any atom is -0.478 e. The summed E-state index contributed by atoms with van der Waals surface area (Å²) in [5.74, 6) is -0.963. The van der Waals surface area contributed by atoms with Crippen molar-refractivity contribution >= 4 is 17.6 Å². The van der Waals surface area contributed by atoms with Gasteiger partial charge in [0.15, 0.2) is 0 Å². The Balaban J connectivity index is 2.82. The van der Waals surface area contributed by atoms with E-state index in [1.54, 1.807) is 6.07 Å². The van der Waals surface area contributed by atoms with E-state index in [0.717, 1.165) is 11.1 Å². The SMILES string of the molecule is Cc1c(C)c(C)c(-c2cc(Cl)cc(C(=O)O)c2)c(C)c1C. The third-order valence-corrected chi connectivity index (χ3v) is 4.65. The highest BCUT2D eigenvalue weighted by molar-refractivity contribution is 6.31. The first kappa shape index (κ1) is 15.6. The average molecular weight is 303 g/mol. The molecule has 0 saturated heterocycles. The highest BCUT2D eigenvalue weighted by Gasteiger charge is 2.16. The maximum absolute atomic E-state index is 11.2. The molecule has 0 saturated carbocycles. The van der Waals surface area contributed by atoms with Gasteiger partial charge in [-0.2, -0.15) is 0 Å². The van der Waals surface area contributed by atoms with E-state index in [1.807, 2.05) is 6.07 Å². The van der Waals surface area contributed by atoms with Crippen LogP contribution in [0.5, 0.6) is 0 Å². The van der Waals surface area contributed by atoms with Gasteiger partial charge in [0.25, 0.3) is 0 Å². The number of hydrogen-bond acceptors (Lipinski definition) is 1. The van der Waals surface area contributed by atoms with Crippen LogP contribution in [0.3, 0.4) is 0 Å². The molecule has 3 heteroatoms. The number of aromatic carboxylic acids is 1. The summed E-state index contributed by atoms with van der Waals surface area (Å²) >= 11 is 6.10. The number of carbonyl (C=O) groups is 1. The molecule has 0 heterocycles. The topological polar surface area (TPSA) is 37.3 Å². The lowest BCUT2D eigenvalue weighted by Crippen LogP contribution is -2.01. The van der Waals surface area contributed by atoms with E-state index >= 15 is 0 Å². The van der Waals surface area contributed by atoms with Crippen LogP contribution in [0.4, 0.5) is 0 Å². The summed E-state index contributed by atoms with van der Waals surface area (Å²) in [5, 5.41) is 9.66. The summed E-state index contributed by atoms with van der Waals surface area (Å²) in [6, 6.07) is 5.00. The van der Waals surface area contributed by atoms with Gasteiger partial charge in [-0.15, -0.1) is 0 Å². The lowest BCUT2D eigenvalue weighted by atomic mass is 9.86. The molecule has 2 rings (SSSR count). The molecule has 0 fully saturated rings. The van der Waals surface area contributed by atoms with Crippen LogP contribution in [0, 0.1) is 34.6 Å². The first-order valence-corrected chi connectivity index (χ1v) is 7.23. The molecule has 110 valence electrons. The van der Waals surface area contributed by atoms with Gasteiger partial charge in [-0.25, -0.2) is 4.79 Å². The van der Waals surface area contributed by atoms with Gasteiger partial charge in [0.2, 0.25) is 0 Å². The fraction of sp³-hybridized carbons (Fsp3) is 0.278. The zero-order valence-corrected chi connectivity index (χ0v) is 13.7. The van der Waals surface area contributed by atoms with Gasteiger partial charge in [-0.3, -0.25) is 0 Å². The van der Waals surface area contributed by atoms with Gasteiger partial charge in [-0.1, -0.05) is 11.6 Å². The first-order chi connectivity index (χ1) is 9.73. The van der Waals surface area contributed by atoms with E-state index in [-0.39, 0.29) is 5.56 Å². The Labute approximate surface area is 130 Å². The Morgan fingerprint density at radius 3 is 1.81 bits per heavy atom. The van der Waals surface area contributed by atoms with E-state index in [0.29, 0.717) is 5.02 Å². The zero-order chi connectivity index (χ0) is 15.9. The Morgan fingerprint density at radius 2 is 1.33 bits per heavy atom. The van der Waals surface area contributed by atoms with E-state index in [4.69, 9.17) is 11.6 Å². The molecule has 0 aliphatic carbocycles. The van der Waals surface area contributed by atoms with Crippen molar-refractivity contribution in [1.82, 2.24) is 0 Å². The average Bonchev–Trinajstić information content (AvgIpc) is 2.42. The number of carboxylic acid groups (broad SMARTS) is 1. The number of rotatable bonds is 2. The molecule has 0 unspecified atom stereocenters. The molecule has 0 aliphatic rings. The van der Waals surface area contributed by atoms with Crippen molar-refractivity contribution in [3.05, 3.63) is 56.6 Å². The molecule has 2 aromatic carbocycles. The molecule has 0 aliphatic heterocycles. The second-order valence-corrected chi connectivity index (χ2v) is 5.97. The standard InChI is InChI=1S/C18H19ClO2/c1-9-10(2)12(4)17(13(5)11(9)3)14-6-15(18(20)21)8-16(19)7-14/h6-8H,1-5H3,(H,20,21). The van der Waals surface area contributed by atoms with Gasteiger partial charge in [-0.05, 0) is 91.8 Å². The Bertz CT molecular complexity index is 716. The predicted molar refractivity (Wildman–Crippen MR) is 87.5 cm³/mol. The van der Waals surface area contributed by atoms with Crippen LogP contribution in [0.2, 0.25) is 5.02 Å². The smallest absolute Gasteiger partial charge is 0.335 e. The van der Waals surface area contributed by atoms with Crippen molar-refractivity contribution < 1.29 is 9.90 Å². The van der Waals surface area contributed by atoms with Gasteiger partial charge in [0.1, 0.15) is 0 Å². The molecule has 0 aromatic heterocycles. The van der Waals surface area contributed by atoms with Gasteiger partial charge in [0.05, 0.1) is 5.56 Å². The van der Waals surface area contributed by atoms with Crippen molar-refractivity contribution in [2.24, 2.45) is 0 Å². The molecule has 0 bridgehead atoms. The minimum absolute atomic E-state index is 0.215. The van der Waals surface area contributed by atoms with Gasteiger partial charge >= 0.3 is 5.97 Å². The van der Waals surface area contributed by atoms with Gasteiger partial charge < -0.3 is 5.11 Å². The van der Waals surface area contributed by atoms with E-state index in [1.165, 1.54) is 33.9 Å². The third-order valence-electron chi connectivity index (χ3n) is 4.43. The summed E-state index contributed by atoms with van der Waals surface area (Å²) in [7, 11) is 0. The highest BCUT2D eigenvalue weighted by Crippen LogP contribution is 2.35. The number of halogens is 1. The fourth-order valence-electron chi connectivity index (χ4n) is 2.79. The lowest BCUT2D eigenvalue weighted by molar-refractivity contribution is 0.0697. The Kier molecular flexibility index (Phi) is 4.11. The lowest BCUT2D eigenvalue weighted by Gasteiger charge is -2.19. The second-order valence-electron chi connectivity index (χ2n) is 5.53. The van der Waals surface area contributed by atoms with E-state index in [2.05, 4.69) is 34.6 Å². The summed E-state index contributed by atoms with van der Waals surface area (Å²) in [6.07, 6.45) is 0. The molecule has 0 radical (unpaired) electrons. The number of benzene rings is 2. The number of carboxylic acids is 1. The Morgan fingerprint density at radius 1 is 0.857 bits per heavy atom. The molecule has 1 N–H and O–H groups in total.